The van der Waals surface area contributed by atoms with Crippen LogP contribution in [-0.4, -0.2) is 29.2 Å². The van der Waals surface area contributed by atoms with Gasteiger partial charge in [-0.15, -0.1) is 0 Å². The van der Waals surface area contributed by atoms with Crippen LogP contribution in [-0.2, 0) is 6.54 Å². The maximum atomic E-state index is 5.99. The van der Waals surface area contributed by atoms with Crippen molar-refractivity contribution in [1.29, 1.82) is 0 Å². The Balaban J connectivity index is 1.88. The molecule has 0 saturated heterocycles. The highest BCUT2D eigenvalue weighted by Gasteiger charge is 2.11. The number of nitrogens with one attached hydrogen (secondary N) is 2. The first-order chi connectivity index (χ1) is 12.0. The Kier molecular flexibility index (Phi) is 7.25. The summed E-state index contributed by atoms with van der Waals surface area (Å²) in [5.74, 6) is 2.43. The number of hydrogen-bond donors (Lipinski definition) is 2. The summed E-state index contributed by atoms with van der Waals surface area (Å²) >= 11 is 5.99. The average Bonchev–Trinajstić information content (AvgIpc) is 3.05. The topological polar surface area (TPSA) is 75.3 Å². The molecule has 0 bridgehead atoms. The number of benzene rings is 1. The third-order valence-corrected chi connectivity index (χ3v) is 3.98. The van der Waals surface area contributed by atoms with Gasteiger partial charge in [0.1, 0.15) is 0 Å². The smallest absolute Gasteiger partial charge is 0.246 e. The fourth-order valence-electron chi connectivity index (χ4n) is 2.31. The van der Waals surface area contributed by atoms with Gasteiger partial charge in [-0.25, -0.2) is 0 Å². The summed E-state index contributed by atoms with van der Waals surface area (Å²) in [6.45, 7) is 7.02. The van der Waals surface area contributed by atoms with Crippen LogP contribution >= 0.6 is 11.6 Å². The minimum absolute atomic E-state index is 0.346. The van der Waals surface area contributed by atoms with E-state index in [4.69, 9.17) is 16.1 Å². The SMILES string of the molecule is CN=C(NCc1nc(-c2cccc(Cl)c2)no1)NC(C)CCC(C)C. The van der Waals surface area contributed by atoms with Crippen LogP contribution in [0.2, 0.25) is 5.02 Å². The molecule has 0 spiro atoms. The van der Waals surface area contributed by atoms with E-state index in [1.807, 2.05) is 18.2 Å². The minimum atomic E-state index is 0.346. The largest absolute Gasteiger partial charge is 0.354 e. The summed E-state index contributed by atoms with van der Waals surface area (Å²) in [5, 5.41) is 11.2. The molecule has 1 unspecified atom stereocenters. The number of aliphatic imine (C=N–C) groups is 1. The van der Waals surface area contributed by atoms with E-state index in [2.05, 4.69) is 46.5 Å². The number of nitrogens with zero attached hydrogens (tertiary/aromatic N) is 3. The zero-order valence-electron chi connectivity index (χ0n) is 15.2. The van der Waals surface area contributed by atoms with Gasteiger partial charge in [0.05, 0.1) is 6.54 Å². The van der Waals surface area contributed by atoms with Gasteiger partial charge in [-0.2, -0.15) is 4.98 Å². The van der Waals surface area contributed by atoms with Crippen LogP contribution < -0.4 is 10.6 Å². The van der Waals surface area contributed by atoms with Crippen LogP contribution in [0.25, 0.3) is 11.4 Å². The maximum Gasteiger partial charge on any atom is 0.246 e. The molecule has 0 radical (unpaired) electrons. The fourth-order valence-corrected chi connectivity index (χ4v) is 2.50. The van der Waals surface area contributed by atoms with Gasteiger partial charge >= 0.3 is 0 Å². The summed E-state index contributed by atoms with van der Waals surface area (Å²) in [7, 11) is 1.75. The Morgan fingerprint density at radius 1 is 1.28 bits per heavy atom. The van der Waals surface area contributed by atoms with Crippen LogP contribution in [0.15, 0.2) is 33.8 Å². The standard InChI is InChI=1S/C18H26ClN5O/c1-12(2)8-9-13(3)22-18(20-4)21-11-16-23-17(24-25-16)14-6-5-7-15(19)10-14/h5-7,10,12-13H,8-9,11H2,1-4H3,(H2,20,21,22). The fraction of sp³-hybridized carbons (Fsp3) is 0.500. The quantitative estimate of drug-likeness (QED) is 0.576. The molecule has 0 amide bonds. The Hall–Kier alpha value is -2.08. The van der Waals surface area contributed by atoms with Crippen molar-refractivity contribution in [3.63, 3.8) is 0 Å². The highest BCUT2D eigenvalue weighted by Crippen LogP contribution is 2.19. The van der Waals surface area contributed by atoms with Gasteiger partial charge in [-0.05, 0) is 37.8 Å². The van der Waals surface area contributed by atoms with E-state index < -0.39 is 0 Å². The first-order valence-corrected chi connectivity index (χ1v) is 8.91. The normalized spacial score (nSPS) is 13.1. The van der Waals surface area contributed by atoms with Crippen molar-refractivity contribution in [2.24, 2.45) is 10.9 Å². The summed E-state index contributed by atoms with van der Waals surface area (Å²) in [6, 6.07) is 7.71. The van der Waals surface area contributed by atoms with E-state index in [-0.39, 0.29) is 0 Å². The van der Waals surface area contributed by atoms with Crippen molar-refractivity contribution in [3.05, 3.63) is 35.2 Å². The van der Waals surface area contributed by atoms with Gasteiger partial charge < -0.3 is 15.2 Å². The summed E-state index contributed by atoms with van der Waals surface area (Å²) in [4.78, 5) is 8.62. The zero-order valence-corrected chi connectivity index (χ0v) is 16.0. The molecule has 25 heavy (non-hydrogen) atoms. The van der Waals surface area contributed by atoms with Gasteiger partial charge in [0.25, 0.3) is 0 Å². The molecule has 2 aromatic rings. The Labute approximate surface area is 154 Å². The Bertz CT molecular complexity index is 698. The molecule has 6 nitrogen and oxygen atoms in total. The van der Waals surface area contributed by atoms with E-state index in [9.17, 15) is 0 Å². The Morgan fingerprint density at radius 2 is 2.08 bits per heavy atom. The van der Waals surface area contributed by atoms with E-state index in [1.165, 1.54) is 6.42 Å². The molecular formula is C18H26ClN5O. The molecule has 0 aliphatic rings. The summed E-state index contributed by atoms with van der Waals surface area (Å²) in [6.07, 6.45) is 2.27. The monoisotopic (exact) mass is 363 g/mol. The molecule has 0 aliphatic heterocycles. The lowest BCUT2D eigenvalue weighted by molar-refractivity contribution is 0.375. The molecule has 2 rings (SSSR count). The molecule has 136 valence electrons. The predicted octanol–water partition coefficient (Wildman–Crippen LogP) is 3.88. The van der Waals surface area contributed by atoms with Gasteiger partial charge in [0.15, 0.2) is 5.96 Å². The molecule has 2 N–H and O–H groups in total. The highest BCUT2D eigenvalue weighted by atomic mass is 35.5. The third kappa shape index (κ3) is 6.38. The van der Waals surface area contributed by atoms with Crippen LogP contribution in [0.5, 0.6) is 0 Å². The van der Waals surface area contributed by atoms with Gasteiger partial charge in [-0.3, -0.25) is 4.99 Å². The van der Waals surface area contributed by atoms with Crippen molar-refractivity contribution in [3.8, 4) is 11.4 Å². The van der Waals surface area contributed by atoms with Gasteiger partial charge in [-0.1, -0.05) is 42.7 Å². The zero-order chi connectivity index (χ0) is 18.2. The molecule has 1 atom stereocenters. The number of guanidine groups is 1. The number of hydrogen-bond acceptors (Lipinski definition) is 4. The van der Waals surface area contributed by atoms with E-state index in [0.29, 0.717) is 35.2 Å². The van der Waals surface area contributed by atoms with Crippen LogP contribution in [0.4, 0.5) is 0 Å². The number of aromatic nitrogens is 2. The number of halogens is 1. The molecule has 0 saturated carbocycles. The second-order valence-electron chi connectivity index (χ2n) is 6.46. The predicted molar refractivity (Wildman–Crippen MR) is 102 cm³/mol. The third-order valence-electron chi connectivity index (χ3n) is 3.74. The van der Waals surface area contributed by atoms with Crippen molar-refractivity contribution >= 4 is 17.6 Å². The van der Waals surface area contributed by atoms with Gasteiger partial charge in [0.2, 0.25) is 11.7 Å². The van der Waals surface area contributed by atoms with E-state index >= 15 is 0 Å². The molecule has 1 aromatic heterocycles. The van der Waals surface area contributed by atoms with Crippen LogP contribution in [0.3, 0.4) is 0 Å². The first kappa shape index (κ1) is 19.2. The second kappa shape index (κ2) is 9.42. The lowest BCUT2D eigenvalue weighted by Gasteiger charge is -2.18. The first-order valence-electron chi connectivity index (χ1n) is 8.53. The molecule has 7 heteroatoms. The van der Waals surface area contributed by atoms with Gasteiger partial charge in [0, 0.05) is 23.7 Å². The van der Waals surface area contributed by atoms with Crippen LogP contribution in [0.1, 0.15) is 39.5 Å². The van der Waals surface area contributed by atoms with Crippen LogP contribution in [0, 0.1) is 5.92 Å². The molecule has 1 heterocycles. The van der Waals surface area contributed by atoms with Crippen molar-refractivity contribution in [2.75, 3.05) is 7.05 Å². The average molecular weight is 364 g/mol. The summed E-state index contributed by atoms with van der Waals surface area (Å²) in [5.41, 5.74) is 0.826. The lowest BCUT2D eigenvalue weighted by atomic mass is 10.0. The molecule has 1 aromatic carbocycles. The Morgan fingerprint density at radius 3 is 2.76 bits per heavy atom. The molecule has 0 fully saturated rings. The van der Waals surface area contributed by atoms with Crippen molar-refractivity contribution in [1.82, 2.24) is 20.8 Å². The molecule has 0 aliphatic carbocycles. The van der Waals surface area contributed by atoms with Crippen molar-refractivity contribution in [2.45, 2.75) is 46.2 Å². The van der Waals surface area contributed by atoms with Crippen molar-refractivity contribution < 1.29 is 4.52 Å². The second-order valence-corrected chi connectivity index (χ2v) is 6.90. The highest BCUT2D eigenvalue weighted by molar-refractivity contribution is 6.30. The number of rotatable bonds is 7. The lowest BCUT2D eigenvalue weighted by Crippen LogP contribution is -2.42. The minimum Gasteiger partial charge on any atom is -0.354 e. The maximum absolute atomic E-state index is 5.99. The molecular weight excluding hydrogens is 338 g/mol. The summed E-state index contributed by atoms with van der Waals surface area (Å²) < 4.78 is 5.29. The van der Waals surface area contributed by atoms with E-state index in [1.54, 1.807) is 13.1 Å². The van der Waals surface area contributed by atoms with E-state index in [0.717, 1.165) is 17.9 Å².